The second kappa shape index (κ2) is 16.9. The first-order chi connectivity index (χ1) is 14.5. The van der Waals surface area contributed by atoms with Crippen molar-refractivity contribution in [2.24, 2.45) is 5.84 Å². The number of nitrogens with two attached hydrogens (primary N) is 1. The van der Waals surface area contributed by atoms with Gasteiger partial charge in [0.15, 0.2) is 12.4 Å². The van der Waals surface area contributed by atoms with Crippen molar-refractivity contribution in [1.29, 1.82) is 0 Å². The summed E-state index contributed by atoms with van der Waals surface area (Å²) in [5, 5.41) is 1.18. The Hall–Kier alpha value is -0.680. The first kappa shape index (κ1) is 27.4. The zero-order chi connectivity index (χ0) is 22.2. The number of unbranched alkanes of at least 4 members (excludes halogenated alkanes) is 12. The normalized spacial score (nSPS) is 11.0. The maximum atomic E-state index is 11.3. The lowest BCUT2D eigenvalue weighted by Gasteiger charge is -2.14. The number of carbonyl (C=O) groups is 1. The van der Waals surface area contributed by atoms with Crippen LogP contribution in [0.1, 0.15) is 96.0 Å². The summed E-state index contributed by atoms with van der Waals surface area (Å²) >= 11 is 18.9. The van der Waals surface area contributed by atoms with Crippen molar-refractivity contribution in [2.75, 3.05) is 6.61 Å². The molecule has 0 spiro atoms. The molecule has 30 heavy (non-hydrogen) atoms. The molecule has 0 fully saturated rings. The highest BCUT2D eigenvalue weighted by Crippen LogP contribution is 2.40. The largest absolute Gasteiger partial charge is 0.481 e. The highest BCUT2D eigenvalue weighted by atomic mass is 35.5. The molecule has 0 aliphatic heterocycles. The third kappa shape index (κ3) is 11.1. The molecule has 1 rings (SSSR count). The van der Waals surface area contributed by atoms with Crippen LogP contribution in [0.5, 0.6) is 5.75 Å². The zero-order valence-electron chi connectivity index (χ0n) is 18.2. The van der Waals surface area contributed by atoms with Crippen molar-refractivity contribution in [3.05, 3.63) is 26.7 Å². The topological polar surface area (TPSA) is 64.3 Å². The summed E-state index contributed by atoms with van der Waals surface area (Å²) < 4.78 is 5.42. The molecule has 0 atom stereocenters. The molecule has 0 saturated heterocycles. The van der Waals surface area contributed by atoms with Crippen LogP contribution in [-0.2, 0) is 11.2 Å². The summed E-state index contributed by atoms with van der Waals surface area (Å²) in [7, 11) is 0. The Morgan fingerprint density at radius 3 is 1.87 bits per heavy atom. The Bertz CT molecular complexity index is 627. The van der Waals surface area contributed by atoms with E-state index in [0.717, 1.165) is 24.8 Å². The molecule has 3 N–H and O–H groups in total. The molecule has 0 aliphatic carbocycles. The molecule has 0 unspecified atom stereocenters. The third-order valence-electron chi connectivity index (χ3n) is 5.26. The Balaban J connectivity index is 2.24. The number of rotatable bonds is 17. The van der Waals surface area contributed by atoms with Gasteiger partial charge in [0.25, 0.3) is 5.91 Å². The number of nitrogens with one attached hydrogen (secondary N) is 1. The van der Waals surface area contributed by atoms with Gasteiger partial charge in [-0.3, -0.25) is 10.2 Å². The Morgan fingerprint density at radius 2 is 1.37 bits per heavy atom. The number of hydrogen-bond acceptors (Lipinski definition) is 3. The van der Waals surface area contributed by atoms with Crippen molar-refractivity contribution < 1.29 is 9.53 Å². The maximum absolute atomic E-state index is 11.3. The van der Waals surface area contributed by atoms with Gasteiger partial charge < -0.3 is 4.74 Å². The first-order valence-electron chi connectivity index (χ1n) is 11.3. The van der Waals surface area contributed by atoms with Crippen molar-refractivity contribution in [3.8, 4) is 5.75 Å². The molecule has 172 valence electrons. The average Bonchev–Trinajstić information content (AvgIpc) is 2.72. The smallest absolute Gasteiger partial charge is 0.271 e. The van der Waals surface area contributed by atoms with Crippen molar-refractivity contribution >= 4 is 40.7 Å². The molecule has 1 amide bonds. The number of ether oxygens (including phenoxy) is 1. The maximum Gasteiger partial charge on any atom is 0.271 e. The predicted octanol–water partition coefficient (Wildman–Crippen LogP) is 7.65. The number of halogens is 3. The Morgan fingerprint density at radius 1 is 0.867 bits per heavy atom. The number of benzene rings is 1. The van der Waals surface area contributed by atoms with Crippen LogP contribution in [0.15, 0.2) is 6.07 Å². The van der Waals surface area contributed by atoms with Gasteiger partial charge in [-0.05, 0) is 24.5 Å². The van der Waals surface area contributed by atoms with Gasteiger partial charge in [0.05, 0.1) is 10.0 Å². The minimum absolute atomic E-state index is 0.254. The number of amides is 1. The van der Waals surface area contributed by atoms with Gasteiger partial charge in [0, 0.05) is 5.02 Å². The highest BCUT2D eigenvalue weighted by Gasteiger charge is 2.17. The predicted molar refractivity (Wildman–Crippen MR) is 129 cm³/mol. The standard InChI is InChI=1S/C23H37Cl3N2O2/c1-2-3-4-5-6-7-8-9-10-11-12-13-14-15-18-19(24)16-20(25)23(22(18)26)30-17-21(29)28-27/h16H,2-15,17,27H2,1H3,(H,28,29). The van der Waals surface area contributed by atoms with Crippen LogP contribution in [0.3, 0.4) is 0 Å². The fourth-order valence-electron chi connectivity index (χ4n) is 3.47. The minimum Gasteiger partial charge on any atom is -0.481 e. The fraction of sp³-hybridized carbons (Fsp3) is 0.696. The van der Waals surface area contributed by atoms with Crippen LogP contribution in [0.4, 0.5) is 0 Å². The number of carbonyl (C=O) groups excluding carboxylic acids is 1. The molecular formula is C23H37Cl3N2O2. The summed E-state index contributed by atoms with van der Waals surface area (Å²) in [6.07, 6.45) is 17.7. The SMILES string of the molecule is CCCCCCCCCCCCCCCc1c(Cl)cc(Cl)c(OCC(=O)NN)c1Cl. The van der Waals surface area contributed by atoms with E-state index in [2.05, 4.69) is 6.92 Å². The van der Waals surface area contributed by atoms with Crippen LogP contribution in [0.2, 0.25) is 15.1 Å². The lowest BCUT2D eigenvalue weighted by atomic mass is 10.0. The van der Waals surface area contributed by atoms with Gasteiger partial charge in [-0.2, -0.15) is 0 Å². The van der Waals surface area contributed by atoms with Crippen LogP contribution in [0.25, 0.3) is 0 Å². The summed E-state index contributed by atoms with van der Waals surface area (Å²) in [5.41, 5.74) is 2.82. The van der Waals surface area contributed by atoms with Crippen molar-refractivity contribution in [1.82, 2.24) is 5.43 Å². The van der Waals surface area contributed by atoms with Crippen molar-refractivity contribution in [3.63, 3.8) is 0 Å². The Labute approximate surface area is 197 Å². The molecular weight excluding hydrogens is 443 g/mol. The van der Waals surface area contributed by atoms with Crippen LogP contribution in [-0.4, -0.2) is 12.5 Å². The average molecular weight is 480 g/mol. The van der Waals surface area contributed by atoms with E-state index < -0.39 is 5.91 Å². The molecule has 0 heterocycles. The molecule has 0 aliphatic rings. The van der Waals surface area contributed by atoms with E-state index in [9.17, 15) is 4.79 Å². The summed E-state index contributed by atoms with van der Waals surface area (Å²) in [6.45, 7) is 2.01. The monoisotopic (exact) mass is 478 g/mol. The zero-order valence-corrected chi connectivity index (χ0v) is 20.5. The van der Waals surface area contributed by atoms with E-state index in [4.69, 9.17) is 45.4 Å². The summed E-state index contributed by atoms with van der Waals surface area (Å²) in [6, 6.07) is 1.61. The lowest BCUT2D eigenvalue weighted by molar-refractivity contribution is -0.123. The number of hydrazine groups is 1. The molecule has 0 bridgehead atoms. The van der Waals surface area contributed by atoms with Crippen LogP contribution >= 0.6 is 34.8 Å². The van der Waals surface area contributed by atoms with E-state index >= 15 is 0 Å². The molecule has 4 nitrogen and oxygen atoms in total. The van der Waals surface area contributed by atoms with Gasteiger partial charge >= 0.3 is 0 Å². The van der Waals surface area contributed by atoms with E-state index in [1.165, 1.54) is 70.6 Å². The Kier molecular flexibility index (Phi) is 15.4. The molecule has 0 radical (unpaired) electrons. The quantitative estimate of drug-likeness (QED) is 0.104. The molecule has 0 aromatic heterocycles. The van der Waals surface area contributed by atoms with Gasteiger partial charge in [0.1, 0.15) is 0 Å². The van der Waals surface area contributed by atoms with E-state index in [0.29, 0.717) is 10.0 Å². The van der Waals surface area contributed by atoms with Crippen molar-refractivity contribution in [2.45, 2.75) is 96.8 Å². The first-order valence-corrected chi connectivity index (χ1v) is 12.4. The minimum atomic E-state index is -0.463. The fourth-order valence-corrected chi connectivity index (χ4v) is 4.53. The third-order valence-corrected chi connectivity index (χ3v) is 6.28. The molecule has 0 saturated carbocycles. The molecule has 1 aromatic carbocycles. The van der Waals surface area contributed by atoms with Gasteiger partial charge in [-0.15, -0.1) is 0 Å². The summed E-state index contributed by atoms with van der Waals surface area (Å²) in [5.74, 6) is 4.87. The van der Waals surface area contributed by atoms with Gasteiger partial charge in [0.2, 0.25) is 0 Å². The van der Waals surface area contributed by atoms with Crippen LogP contribution < -0.4 is 16.0 Å². The second-order valence-corrected chi connectivity index (χ2v) is 9.00. The van der Waals surface area contributed by atoms with Gasteiger partial charge in [-0.25, -0.2) is 5.84 Å². The second-order valence-electron chi connectivity index (χ2n) is 7.81. The highest BCUT2D eigenvalue weighted by molar-refractivity contribution is 6.41. The summed E-state index contributed by atoms with van der Waals surface area (Å²) in [4.78, 5) is 11.3. The van der Waals surface area contributed by atoms with E-state index in [1.807, 2.05) is 5.43 Å². The van der Waals surface area contributed by atoms with Crippen LogP contribution in [0, 0.1) is 0 Å². The van der Waals surface area contributed by atoms with E-state index in [1.54, 1.807) is 6.07 Å². The molecule has 7 heteroatoms. The van der Waals surface area contributed by atoms with Gasteiger partial charge in [-0.1, -0.05) is 119 Å². The lowest BCUT2D eigenvalue weighted by Crippen LogP contribution is -2.34. The number of hydrogen-bond donors (Lipinski definition) is 2. The molecule has 1 aromatic rings. The van der Waals surface area contributed by atoms with E-state index in [-0.39, 0.29) is 17.4 Å².